The molecule has 25 heavy (non-hydrogen) atoms. The largest absolute Gasteiger partial charge is 0.376 e. The van der Waals surface area contributed by atoms with Gasteiger partial charge in [-0.25, -0.2) is 0 Å². The lowest BCUT2D eigenvalue weighted by atomic mass is 9.95. The minimum absolute atomic E-state index is 0.0274. The second kappa shape index (κ2) is 6.96. The van der Waals surface area contributed by atoms with Gasteiger partial charge in [-0.1, -0.05) is 0 Å². The zero-order valence-electron chi connectivity index (χ0n) is 14.6. The topological polar surface area (TPSA) is 60.2 Å². The van der Waals surface area contributed by atoms with Crippen LogP contribution in [-0.4, -0.2) is 39.9 Å². The Hall–Kier alpha value is -2.21. The Balaban J connectivity index is 1.68. The SMILES string of the molecule is Cn1nc(C(=O)N(C[C@@H]2CCCO2)c2ccncc2)c2c1CCCC2. The van der Waals surface area contributed by atoms with E-state index in [9.17, 15) is 4.79 Å². The minimum Gasteiger partial charge on any atom is -0.376 e. The number of aromatic nitrogens is 3. The molecule has 1 saturated heterocycles. The highest BCUT2D eigenvalue weighted by Gasteiger charge is 2.30. The van der Waals surface area contributed by atoms with Crippen LogP contribution in [0.2, 0.25) is 0 Å². The quantitative estimate of drug-likeness (QED) is 0.858. The first-order valence-electron chi connectivity index (χ1n) is 9.12. The van der Waals surface area contributed by atoms with Crippen molar-refractivity contribution in [2.24, 2.45) is 7.05 Å². The van der Waals surface area contributed by atoms with Crippen LogP contribution >= 0.6 is 0 Å². The first kappa shape index (κ1) is 16.3. The van der Waals surface area contributed by atoms with Crippen LogP contribution in [0.1, 0.15) is 47.4 Å². The Bertz CT molecular complexity index is 750. The van der Waals surface area contributed by atoms with E-state index < -0.39 is 0 Å². The van der Waals surface area contributed by atoms with Crippen molar-refractivity contribution in [3.8, 4) is 0 Å². The van der Waals surface area contributed by atoms with Gasteiger partial charge >= 0.3 is 0 Å². The summed E-state index contributed by atoms with van der Waals surface area (Å²) in [4.78, 5) is 19.3. The average Bonchev–Trinajstić information content (AvgIpc) is 3.28. The molecule has 2 aromatic heterocycles. The maximum absolute atomic E-state index is 13.4. The molecule has 0 N–H and O–H groups in total. The third kappa shape index (κ3) is 3.18. The van der Waals surface area contributed by atoms with Crippen molar-refractivity contribution in [3.05, 3.63) is 41.5 Å². The van der Waals surface area contributed by atoms with Gasteiger partial charge in [0.15, 0.2) is 5.69 Å². The summed E-state index contributed by atoms with van der Waals surface area (Å²) in [5, 5.41) is 4.58. The molecule has 1 aliphatic heterocycles. The standard InChI is InChI=1S/C19H24N4O2/c1-22-17-7-3-2-6-16(17)18(21-22)19(24)23(13-15-5-4-12-25-15)14-8-10-20-11-9-14/h8-11,15H,2-7,12-13H2,1H3/t15-/m0/s1. The van der Waals surface area contributed by atoms with Gasteiger partial charge in [0.2, 0.25) is 0 Å². The van der Waals surface area contributed by atoms with Crippen LogP contribution in [0, 0.1) is 0 Å². The van der Waals surface area contributed by atoms with Crippen molar-refractivity contribution in [1.29, 1.82) is 0 Å². The Morgan fingerprint density at radius 3 is 2.84 bits per heavy atom. The fourth-order valence-corrected chi connectivity index (χ4v) is 3.89. The summed E-state index contributed by atoms with van der Waals surface area (Å²) in [7, 11) is 1.94. The number of pyridine rings is 1. The fraction of sp³-hybridized carbons (Fsp3) is 0.526. The van der Waals surface area contributed by atoms with Crippen molar-refractivity contribution < 1.29 is 9.53 Å². The van der Waals surface area contributed by atoms with E-state index >= 15 is 0 Å². The molecule has 0 radical (unpaired) electrons. The Morgan fingerprint density at radius 1 is 1.28 bits per heavy atom. The van der Waals surface area contributed by atoms with Gasteiger partial charge in [0.25, 0.3) is 5.91 Å². The smallest absolute Gasteiger partial charge is 0.279 e. The zero-order valence-corrected chi connectivity index (χ0v) is 14.6. The van der Waals surface area contributed by atoms with E-state index in [1.807, 2.05) is 28.8 Å². The molecular formula is C19H24N4O2. The van der Waals surface area contributed by atoms with E-state index in [1.54, 1.807) is 12.4 Å². The highest BCUT2D eigenvalue weighted by molar-refractivity contribution is 6.06. The lowest BCUT2D eigenvalue weighted by Crippen LogP contribution is -2.38. The third-order valence-electron chi connectivity index (χ3n) is 5.20. The van der Waals surface area contributed by atoms with Crippen LogP contribution in [0.5, 0.6) is 0 Å². The van der Waals surface area contributed by atoms with Gasteiger partial charge in [-0.3, -0.25) is 14.5 Å². The van der Waals surface area contributed by atoms with Gasteiger partial charge in [0, 0.05) is 43.0 Å². The van der Waals surface area contributed by atoms with Crippen LogP contribution in [-0.2, 0) is 24.6 Å². The molecule has 132 valence electrons. The maximum Gasteiger partial charge on any atom is 0.279 e. The van der Waals surface area contributed by atoms with E-state index in [1.165, 1.54) is 12.1 Å². The molecule has 4 rings (SSSR count). The zero-order chi connectivity index (χ0) is 17.2. The van der Waals surface area contributed by atoms with Crippen molar-refractivity contribution in [3.63, 3.8) is 0 Å². The van der Waals surface area contributed by atoms with Crippen molar-refractivity contribution in [2.45, 2.75) is 44.6 Å². The first-order valence-corrected chi connectivity index (χ1v) is 9.12. The van der Waals surface area contributed by atoms with Gasteiger partial charge in [-0.2, -0.15) is 5.10 Å². The van der Waals surface area contributed by atoms with Crippen LogP contribution < -0.4 is 4.90 Å². The number of amides is 1. The second-order valence-corrected chi connectivity index (χ2v) is 6.86. The van der Waals surface area contributed by atoms with E-state index in [4.69, 9.17) is 4.74 Å². The number of carbonyl (C=O) groups excluding carboxylic acids is 1. The van der Waals surface area contributed by atoms with E-state index in [0.29, 0.717) is 12.2 Å². The normalized spacial score (nSPS) is 19.6. The van der Waals surface area contributed by atoms with Gasteiger partial charge in [-0.15, -0.1) is 0 Å². The van der Waals surface area contributed by atoms with Gasteiger partial charge < -0.3 is 9.64 Å². The molecule has 0 saturated carbocycles. The molecule has 0 bridgehead atoms. The number of carbonyl (C=O) groups is 1. The third-order valence-corrected chi connectivity index (χ3v) is 5.20. The Labute approximate surface area is 147 Å². The monoisotopic (exact) mass is 340 g/mol. The molecule has 6 nitrogen and oxygen atoms in total. The molecule has 1 fully saturated rings. The summed E-state index contributed by atoms with van der Waals surface area (Å²) in [6, 6.07) is 3.75. The number of hydrogen-bond donors (Lipinski definition) is 0. The van der Waals surface area contributed by atoms with Crippen LogP contribution in [0.4, 0.5) is 5.69 Å². The number of hydrogen-bond acceptors (Lipinski definition) is 4. The molecule has 0 spiro atoms. The molecule has 6 heteroatoms. The summed E-state index contributed by atoms with van der Waals surface area (Å²) in [6.07, 6.45) is 9.83. The lowest BCUT2D eigenvalue weighted by Gasteiger charge is -2.25. The summed E-state index contributed by atoms with van der Waals surface area (Å²) in [6.45, 7) is 1.34. The highest BCUT2D eigenvalue weighted by Crippen LogP contribution is 2.27. The molecule has 0 unspecified atom stereocenters. The Morgan fingerprint density at radius 2 is 2.08 bits per heavy atom. The van der Waals surface area contributed by atoms with Gasteiger partial charge in [0.1, 0.15) is 0 Å². The van der Waals surface area contributed by atoms with Crippen molar-refractivity contribution in [2.75, 3.05) is 18.1 Å². The number of ether oxygens (including phenoxy) is 1. The van der Waals surface area contributed by atoms with Crippen LogP contribution in [0.25, 0.3) is 0 Å². The van der Waals surface area contributed by atoms with Gasteiger partial charge in [-0.05, 0) is 50.7 Å². The average molecular weight is 340 g/mol. The predicted octanol–water partition coefficient (Wildman–Crippen LogP) is 2.52. The fourth-order valence-electron chi connectivity index (χ4n) is 3.89. The summed E-state index contributed by atoms with van der Waals surface area (Å²) in [5.74, 6) is -0.0274. The number of fused-ring (bicyclic) bond motifs is 1. The Kier molecular flexibility index (Phi) is 4.53. The number of aryl methyl sites for hydroxylation is 1. The molecule has 1 amide bonds. The first-order chi connectivity index (χ1) is 12.2. The number of nitrogens with zero attached hydrogens (tertiary/aromatic N) is 4. The molecule has 3 heterocycles. The second-order valence-electron chi connectivity index (χ2n) is 6.86. The molecule has 2 aromatic rings. The van der Waals surface area contributed by atoms with Crippen molar-refractivity contribution >= 4 is 11.6 Å². The van der Waals surface area contributed by atoms with E-state index in [-0.39, 0.29) is 12.0 Å². The maximum atomic E-state index is 13.4. The summed E-state index contributed by atoms with van der Waals surface area (Å²) >= 11 is 0. The van der Waals surface area contributed by atoms with E-state index in [2.05, 4.69) is 10.1 Å². The molecule has 2 aliphatic rings. The lowest BCUT2D eigenvalue weighted by molar-refractivity contribution is 0.0912. The molecule has 1 atom stereocenters. The number of anilines is 1. The molecule has 1 aliphatic carbocycles. The molecule has 0 aromatic carbocycles. The summed E-state index contributed by atoms with van der Waals surface area (Å²) < 4.78 is 7.66. The molecular weight excluding hydrogens is 316 g/mol. The van der Waals surface area contributed by atoms with Gasteiger partial charge in [0.05, 0.1) is 12.6 Å². The highest BCUT2D eigenvalue weighted by atomic mass is 16.5. The minimum atomic E-state index is -0.0274. The van der Waals surface area contributed by atoms with E-state index in [0.717, 1.165) is 50.0 Å². The summed E-state index contributed by atoms with van der Waals surface area (Å²) in [5.41, 5.74) is 3.80. The van der Waals surface area contributed by atoms with Crippen molar-refractivity contribution in [1.82, 2.24) is 14.8 Å². The number of rotatable bonds is 4. The predicted molar refractivity (Wildman–Crippen MR) is 94.7 cm³/mol. The van der Waals surface area contributed by atoms with Crippen LogP contribution in [0.3, 0.4) is 0 Å². The van der Waals surface area contributed by atoms with Crippen LogP contribution in [0.15, 0.2) is 24.5 Å².